The zero-order valence-corrected chi connectivity index (χ0v) is 16.0. The highest BCUT2D eigenvalue weighted by molar-refractivity contribution is 7.89. The van der Waals surface area contributed by atoms with Gasteiger partial charge in [0.15, 0.2) is 0 Å². The van der Waals surface area contributed by atoms with Crippen LogP contribution in [0.2, 0.25) is 0 Å². The summed E-state index contributed by atoms with van der Waals surface area (Å²) in [5, 5.41) is 0. The first-order valence-electron chi connectivity index (χ1n) is 8.74. The van der Waals surface area contributed by atoms with Gasteiger partial charge < -0.3 is 0 Å². The first-order chi connectivity index (χ1) is 12.9. The summed E-state index contributed by atoms with van der Waals surface area (Å²) in [5.41, 5.74) is 4.10. The summed E-state index contributed by atoms with van der Waals surface area (Å²) >= 11 is 0. The van der Waals surface area contributed by atoms with Crippen LogP contribution in [0, 0.1) is 13.8 Å². The molecule has 0 radical (unpaired) electrons. The summed E-state index contributed by atoms with van der Waals surface area (Å²) < 4.78 is 29.1. The van der Waals surface area contributed by atoms with Crippen LogP contribution in [0.3, 0.4) is 0 Å². The third-order valence-corrected chi connectivity index (χ3v) is 6.84. The lowest BCUT2D eigenvalue weighted by Crippen LogP contribution is -2.25. The second kappa shape index (κ2) is 6.48. The van der Waals surface area contributed by atoms with E-state index in [-0.39, 0.29) is 23.5 Å². The molecular formula is C21H20N2O3S. The predicted octanol–water partition coefficient (Wildman–Crippen LogP) is 3.16. The standard InChI is InChI=1S/C21H20N2O3S/c1-15-8-10-19(11-9-15)27(25,26)22-13-17-12-21(24)23(16(2)20(17)14-22)18-6-4-3-5-7-18/h3-12H,13-14H2,1-2H3. The van der Waals surface area contributed by atoms with Crippen LogP contribution in [0.4, 0.5) is 0 Å². The number of para-hydroxylation sites is 1. The summed E-state index contributed by atoms with van der Waals surface area (Å²) in [6, 6.07) is 17.8. The van der Waals surface area contributed by atoms with Gasteiger partial charge in [0.05, 0.1) is 4.90 Å². The van der Waals surface area contributed by atoms with Crippen molar-refractivity contribution >= 4 is 10.0 Å². The molecule has 2 heterocycles. The van der Waals surface area contributed by atoms with E-state index in [0.29, 0.717) is 0 Å². The Morgan fingerprint density at radius 1 is 0.889 bits per heavy atom. The van der Waals surface area contributed by atoms with E-state index >= 15 is 0 Å². The molecule has 4 rings (SSSR count). The Balaban J connectivity index is 1.75. The quantitative estimate of drug-likeness (QED) is 0.701. The number of benzene rings is 2. The number of aromatic nitrogens is 1. The number of sulfonamides is 1. The molecule has 1 aliphatic rings. The Morgan fingerprint density at radius 2 is 1.56 bits per heavy atom. The molecule has 5 nitrogen and oxygen atoms in total. The van der Waals surface area contributed by atoms with Gasteiger partial charge in [-0.15, -0.1) is 0 Å². The first kappa shape index (κ1) is 17.7. The highest BCUT2D eigenvalue weighted by Crippen LogP contribution is 2.30. The minimum Gasteiger partial charge on any atom is -0.281 e. The van der Waals surface area contributed by atoms with Gasteiger partial charge in [-0.05, 0) is 49.2 Å². The lowest BCUT2D eigenvalue weighted by Gasteiger charge is -2.16. The molecule has 0 atom stereocenters. The minimum absolute atomic E-state index is 0.146. The van der Waals surface area contributed by atoms with Crippen LogP contribution in [0.25, 0.3) is 5.69 Å². The fourth-order valence-electron chi connectivity index (χ4n) is 3.54. The molecule has 0 N–H and O–H groups in total. The zero-order valence-electron chi connectivity index (χ0n) is 15.2. The SMILES string of the molecule is Cc1ccc(S(=O)(=O)N2Cc3cc(=O)n(-c4ccccc4)c(C)c3C2)cc1. The number of nitrogens with zero attached hydrogens (tertiary/aromatic N) is 2. The van der Waals surface area contributed by atoms with E-state index in [0.717, 1.165) is 28.1 Å². The number of fused-ring (bicyclic) bond motifs is 1. The van der Waals surface area contributed by atoms with Crippen LogP contribution < -0.4 is 5.56 Å². The molecule has 138 valence electrons. The Morgan fingerprint density at radius 3 is 2.22 bits per heavy atom. The van der Waals surface area contributed by atoms with Crippen LogP contribution in [-0.2, 0) is 23.1 Å². The van der Waals surface area contributed by atoms with Crippen molar-refractivity contribution in [3.8, 4) is 5.69 Å². The normalized spacial score (nSPS) is 14.3. The Kier molecular flexibility index (Phi) is 4.25. The molecule has 0 aliphatic carbocycles. The monoisotopic (exact) mass is 380 g/mol. The summed E-state index contributed by atoms with van der Waals surface area (Å²) in [4.78, 5) is 12.9. The van der Waals surface area contributed by atoms with E-state index in [4.69, 9.17) is 0 Å². The highest BCUT2D eigenvalue weighted by atomic mass is 32.2. The van der Waals surface area contributed by atoms with E-state index in [1.165, 1.54) is 4.31 Å². The third kappa shape index (κ3) is 3.01. The molecule has 3 aromatic rings. The van der Waals surface area contributed by atoms with Crippen LogP contribution >= 0.6 is 0 Å². The molecule has 0 fully saturated rings. The van der Waals surface area contributed by atoms with Crippen molar-refractivity contribution in [1.29, 1.82) is 0 Å². The number of aryl methyl sites for hydroxylation is 1. The molecule has 0 unspecified atom stereocenters. The first-order valence-corrected chi connectivity index (χ1v) is 10.2. The summed E-state index contributed by atoms with van der Waals surface area (Å²) in [5.74, 6) is 0. The van der Waals surface area contributed by atoms with E-state index < -0.39 is 10.0 Å². The molecule has 0 bridgehead atoms. The number of hydrogen-bond donors (Lipinski definition) is 0. The number of pyridine rings is 1. The summed E-state index contributed by atoms with van der Waals surface area (Å²) in [6.07, 6.45) is 0. The van der Waals surface area contributed by atoms with Crippen molar-refractivity contribution in [3.05, 3.63) is 93.4 Å². The van der Waals surface area contributed by atoms with Crippen molar-refractivity contribution in [2.45, 2.75) is 31.8 Å². The predicted molar refractivity (Wildman–Crippen MR) is 104 cm³/mol. The fraction of sp³-hybridized carbons (Fsp3) is 0.190. The molecule has 1 aromatic heterocycles. The topological polar surface area (TPSA) is 59.4 Å². The van der Waals surface area contributed by atoms with E-state index in [1.807, 2.05) is 44.2 Å². The molecule has 2 aromatic carbocycles. The van der Waals surface area contributed by atoms with Gasteiger partial charge in [0.1, 0.15) is 0 Å². The van der Waals surface area contributed by atoms with Gasteiger partial charge in [-0.1, -0.05) is 35.9 Å². The molecule has 27 heavy (non-hydrogen) atoms. The second-order valence-electron chi connectivity index (χ2n) is 6.83. The molecule has 0 spiro atoms. The van der Waals surface area contributed by atoms with Crippen LogP contribution in [-0.4, -0.2) is 17.3 Å². The molecule has 0 amide bonds. The average Bonchev–Trinajstić information content (AvgIpc) is 3.08. The van der Waals surface area contributed by atoms with E-state index in [2.05, 4.69) is 0 Å². The Labute approximate surface area is 158 Å². The highest BCUT2D eigenvalue weighted by Gasteiger charge is 2.32. The van der Waals surface area contributed by atoms with Crippen LogP contribution in [0.5, 0.6) is 0 Å². The van der Waals surface area contributed by atoms with Crippen molar-refractivity contribution in [2.24, 2.45) is 0 Å². The largest absolute Gasteiger partial charge is 0.281 e. The Bertz CT molecular complexity index is 1160. The lowest BCUT2D eigenvalue weighted by molar-refractivity contribution is 0.431. The second-order valence-corrected chi connectivity index (χ2v) is 8.77. The van der Waals surface area contributed by atoms with Crippen molar-refractivity contribution in [1.82, 2.24) is 8.87 Å². The van der Waals surface area contributed by atoms with E-state index in [1.54, 1.807) is 34.9 Å². The van der Waals surface area contributed by atoms with Gasteiger partial charge in [-0.3, -0.25) is 9.36 Å². The molecular weight excluding hydrogens is 360 g/mol. The lowest BCUT2D eigenvalue weighted by atomic mass is 10.1. The van der Waals surface area contributed by atoms with Gasteiger partial charge in [-0.25, -0.2) is 8.42 Å². The molecule has 6 heteroatoms. The zero-order chi connectivity index (χ0) is 19.2. The minimum atomic E-state index is -3.61. The molecule has 1 aliphatic heterocycles. The fourth-order valence-corrected chi connectivity index (χ4v) is 4.93. The van der Waals surface area contributed by atoms with Gasteiger partial charge in [0.2, 0.25) is 10.0 Å². The van der Waals surface area contributed by atoms with Gasteiger partial charge in [0, 0.05) is 30.5 Å². The molecule has 0 saturated carbocycles. The third-order valence-electron chi connectivity index (χ3n) is 5.03. The average molecular weight is 380 g/mol. The van der Waals surface area contributed by atoms with E-state index in [9.17, 15) is 13.2 Å². The van der Waals surface area contributed by atoms with Crippen molar-refractivity contribution in [2.75, 3.05) is 0 Å². The number of hydrogen-bond acceptors (Lipinski definition) is 3. The van der Waals surface area contributed by atoms with Crippen LogP contribution in [0.1, 0.15) is 22.4 Å². The van der Waals surface area contributed by atoms with Crippen LogP contribution in [0.15, 0.2) is 70.4 Å². The summed E-state index contributed by atoms with van der Waals surface area (Å²) in [7, 11) is -3.61. The maximum Gasteiger partial charge on any atom is 0.255 e. The smallest absolute Gasteiger partial charge is 0.255 e. The summed E-state index contributed by atoms with van der Waals surface area (Å²) in [6.45, 7) is 4.28. The van der Waals surface area contributed by atoms with Gasteiger partial charge in [0.25, 0.3) is 5.56 Å². The van der Waals surface area contributed by atoms with Gasteiger partial charge >= 0.3 is 0 Å². The maximum absolute atomic E-state index is 13.0. The van der Waals surface area contributed by atoms with Gasteiger partial charge in [-0.2, -0.15) is 4.31 Å². The number of rotatable bonds is 3. The van der Waals surface area contributed by atoms with Crippen molar-refractivity contribution in [3.63, 3.8) is 0 Å². The van der Waals surface area contributed by atoms with Crippen molar-refractivity contribution < 1.29 is 8.42 Å². The molecule has 0 saturated heterocycles. The maximum atomic E-state index is 13.0. The Hall–Kier alpha value is -2.70.